The van der Waals surface area contributed by atoms with Gasteiger partial charge in [-0.05, 0) is 35.7 Å². The van der Waals surface area contributed by atoms with Crippen molar-refractivity contribution >= 4 is 11.6 Å². The summed E-state index contributed by atoms with van der Waals surface area (Å²) in [5.41, 5.74) is 0.655. The van der Waals surface area contributed by atoms with E-state index in [0.29, 0.717) is 5.02 Å². The molecule has 0 aromatic heterocycles. The molecule has 0 spiro atoms. The highest BCUT2D eigenvalue weighted by molar-refractivity contribution is 6.31. The normalized spacial score (nSPS) is 15.3. The first-order valence-corrected chi connectivity index (χ1v) is 6.90. The molecule has 2 unspecified atom stereocenters. The summed E-state index contributed by atoms with van der Waals surface area (Å²) in [6, 6.07) is 4.30. The first-order valence-electron chi connectivity index (χ1n) is 6.52. The fraction of sp³-hybridized carbons (Fsp3) is 0.600. The number of hydrogen-bond acceptors (Lipinski definition) is 2. The van der Waals surface area contributed by atoms with E-state index < -0.39 is 0 Å². The van der Waals surface area contributed by atoms with E-state index >= 15 is 0 Å². The topological polar surface area (TPSA) is 21.3 Å². The standard InChI is InChI=1S/C15H23ClFNO/c1-6-18-13(14(19-5)15(2,3)4)11-9-10(17)7-8-12(11)16/h7-9,13-14,18H,6H2,1-5H3. The Morgan fingerprint density at radius 1 is 1.37 bits per heavy atom. The summed E-state index contributed by atoms with van der Waals surface area (Å²) in [5, 5.41) is 3.90. The van der Waals surface area contributed by atoms with Crippen molar-refractivity contribution in [3.8, 4) is 0 Å². The van der Waals surface area contributed by atoms with Crippen molar-refractivity contribution in [1.82, 2.24) is 5.32 Å². The zero-order chi connectivity index (χ0) is 14.6. The molecular formula is C15H23ClFNO. The van der Waals surface area contributed by atoms with Crippen LogP contribution in [0.2, 0.25) is 5.02 Å². The second kappa shape index (κ2) is 6.69. The van der Waals surface area contributed by atoms with Gasteiger partial charge in [0.05, 0.1) is 12.1 Å². The van der Waals surface area contributed by atoms with Gasteiger partial charge in [0.2, 0.25) is 0 Å². The monoisotopic (exact) mass is 287 g/mol. The van der Waals surface area contributed by atoms with Crippen LogP contribution in [0.15, 0.2) is 18.2 Å². The minimum Gasteiger partial charge on any atom is -0.379 e. The molecule has 0 radical (unpaired) electrons. The van der Waals surface area contributed by atoms with Gasteiger partial charge in [0, 0.05) is 12.1 Å². The van der Waals surface area contributed by atoms with Gasteiger partial charge in [-0.25, -0.2) is 4.39 Å². The van der Waals surface area contributed by atoms with Crippen molar-refractivity contribution in [3.63, 3.8) is 0 Å². The van der Waals surface area contributed by atoms with Gasteiger partial charge in [-0.1, -0.05) is 39.3 Å². The van der Waals surface area contributed by atoms with Gasteiger partial charge in [0.1, 0.15) is 5.82 Å². The van der Waals surface area contributed by atoms with Gasteiger partial charge in [-0.15, -0.1) is 0 Å². The minimum absolute atomic E-state index is 0.0861. The number of rotatable bonds is 5. The maximum absolute atomic E-state index is 13.5. The Hall–Kier alpha value is -0.640. The van der Waals surface area contributed by atoms with Gasteiger partial charge in [-0.3, -0.25) is 0 Å². The van der Waals surface area contributed by atoms with Crippen LogP contribution >= 0.6 is 11.6 Å². The van der Waals surface area contributed by atoms with E-state index in [-0.39, 0.29) is 23.4 Å². The maximum Gasteiger partial charge on any atom is 0.123 e. The molecule has 2 nitrogen and oxygen atoms in total. The summed E-state index contributed by atoms with van der Waals surface area (Å²) < 4.78 is 19.1. The number of nitrogens with one attached hydrogen (secondary N) is 1. The molecule has 108 valence electrons. The third-order valence-electron chi connectivity index (χ3n) is 3.13. The molecule has 1 N–H and O–H groups in total. The van der Waals surface area contributed by atoms with E-state index in [1.807, 2.05) is 6.92 Å². The molecule has 0 aliphatic carbocycles. The number of hydrogen-bond donors (Lipinski definition) is 1. The highest BCUT2D eigenvalue weighted by Crippen LogP contribution is 2.35. The molecule has 0 saturated heterocycles. The van der Waals surface area contributed by atoms with Crippen molar-refractivity contribution in [2.75, 3.05) is 13.7 Å². The third-order valence-corrected chi connectivity index (χ3v) is 3.47. The van der Waals surface area contributed by atoms with Crippen LogP contribution in [-0.2, 0) is 4.74 Å². The predicted molar refractivity (Wildman–Crippen MR) is 78.1 cm³/mol. The largest absolute Gasteiger partial charge is 0.379 e. The van der Waals surface area contributed by atoms with E-state index in [4.69, 9.17) is 16.3 Å². The second-order valence-electron chi connectivity index (χ2n) is 5.72. The molecule has 1 aromatic carbocycles. The van der Waals surface area contributed by atoms with Gasteiger partial charge < -0.3 is 10.1 Å². The Morgan fingerprint density at radius 2 is 2.00 bits per heavy atom. The SMILES string of the molecule is CCNC(c1cc(F)ccc1Cl)C(OC)C(C)(C)C. The molecule has 0 heterocycles. The summed E-state index contributed by atoms with van der Waals surface area (Å²) in [7, 11) is 1.67. The molecule has 1 aromatic rings. The fourth-order valence-electron chi connectivity index (χ4n) is 2.34. The van der Waals surface area contributed by atoms with Crippen molar-refractivity contribution in [2.24, 2.45) is 5.41 Å². The average molecular weight is 288 g/mol. The van der Waals surface area contributed by atoms with Crippen molar-refractivity contribution < 1.29 is 9.13 Å². The molecule has 2 atom stereocenters. The van der Waals surface area contributed by atoms with E-state index in [9.17, 15) is 4.39 Å². The molecule has 4 heteroatoms. The van der Waals surface area contributed by atoms with Crippen LogP contribution in [0.4, 0.5) is 4.39 Å². The van der Waals surface area contributed by atoms with Gasteiger partial charge in [-0.2, -0.15) is 0 Å². The third kappa shape index (κ3) is 4.16. The quantitative estimate of drug-likeness (QED) is 0.877. The molecule has 1 rings (SSSR count). The van der Waals surface area contributed by atoms with Crippen molar-refractivity contribution in [1.29, 1.82) is 0 Å². The van der Waals surface area contributed by atoms with E-state index in [1.165, 1.54) is 12.1 Å². The highest BCUT2D eigenvalue weighted by atomic mass is 35.5. The molecule has 0 aliphatic rings. The Labute approximate surface area is 120 Å². The molecule has 0 bridgehead atoms. The summed E-state index contributed by atoms with van der Waals surface area (Å²) in [6.45, 7) is 9.05. The lowest BCUT2D eigenvalue weighted by Gasteiger charge is -2.37. The summed E-state index contributed by atoms with van der Waals surface area (Å²) in [5.74, 6) is -0.286. The Balaban J connectivity index is 3.22. The van der Waals surface area contributed by atoms with Crippen LogP contribution in [0, 0.1) is 11.2 Å². The van der Waals surface area contributed by atoms with Crippen LogP contribution in [0.25, 0.3) is 0 Å². The zero-order valence-corrected chi connectivity index (χ0v) is 13.0. The molecule has 0 fully saturated rings. The summed E-state index contributed by atoms with van der Waals surface area (Å²) in [4.78, 5) is 0. The smallest absolute Gasteiger partial charge is 0.123 e. The Morgan fingerprint density at radius 3 is 2.47 bits per heavy atom. The molecule has 19 heavy (non-hydrogen) atoms. The molecule has 0 amide bonds. The zero-order valence-electron chi connectivity index (χ0n) is 12.3. The van der Waals surface area contributed by atoms with Crippen molar-refractivity contribution in [3.05, 3.63) is 34.6 Å². The first-order chi connectivity index (χ1) is 8.81. The van der Waals surface area contributed by atoms with Crippen molar-refractivity contribution in [2.45, 2.75) is 39.8 Å². The number of halogens is 2. The van der Waals surface area contributed by atoms with E-state index in [1.54, 1.807) is 13.2 Å². The van der Waals surface area contributed by atoms with E-state index in [2.05, 4.69) is 26.1 Å². The molecular weight excluding hydrogens is 265 g/mol. The Bertz CT molecular complexity index is 417. The van der Waals surface area contributed by atoms with Crippen LogP contribution in [-0.4, -0.2) is 19.8 Å². The summed E-state index contributed by atoms with van der Waals surface area (Å²) in [6.07, 6.45) is -0.105. The fourth-order valence-corrected chi connectivity index (χ4v) is 2.58. The Kier molecular flexibility index (Phi) is 5.78. The number of likely N-dealkylation sites (N-methyl/N-ethyl adjacent to an activating group) is 1. The first kappa shape index (κ1) is 16.4. The highest BCUT2D eigenvalue weighted by Gasteiger charge is 2.34. The van der Waals surface area contributed by atoms with Gasteiger partial charge in [0.15, 0.2) is 0 Å². The second-order valence-corrected chi connectivity index (χ2v) is 6.13. The predicted octanol–water partition coefficient (Wildman–Crippen LogP) is 4.19. The van der Waals surface area contributed by atoms with E-state index in [0.717, 1.165) is 12.1 Å². The number of benzene rings is 1. The lowest BCUT2D eigenvalue weighted by atomic mass is 9.82. The average Bonchev–Trinajstić information content (AvgIpc) is 2.30. The van der Waals surface area contributed by atoms with Crippen LogP contribution in [0.5, 0.6) is 0 Å². The number of methoxy groups -OCH3 is 1. The van der Waals surface area contributed by atoms with Crippen LogP contribution < -0.4 is 5.32 Å². The van der Waals surface area contributed by atoms with Gasteiger partial charge in [0.25, 0.3) is 0 Å². The van der Waals surface area contributed by atoms with Crippen LogP contribution in [0.3, 0.4) is 0 Å². The van der Waals surface area contributed by atoms with Crippen LogP contribution in [0.1, 0.15) is 39.3 Å². The lowest BCUT2D eigenvalue weighted by Crippen LogP contribution is -2.41. The van der Waals surface area contributed by atoms with Gasteiger partial charge >= 0.3 is 0 Å². The minimum atomic E-state index is -0.286. The molecule has 0 saturated carbocycles. The summed E-state index contributed by atoms with van der Waals surface area (Å²) >= 11 is 6.22. The number of ether oxygens (including phenoxy) is 1. The maximum atomic E-state index is 13.5. The molecule has 0 aliphatic heterocycles. The lowest BCUT2D eigenvalue weighted by molar-refractivity contribution is -0.0116.